The lowest BCUT2D eigenvalue weighted by Crippen LogP contribution is -2.45. The molecule has 1 saturated heterocycles. The van der Waals surface area contributed by atoms with E-state index in [0.29, 0.717) is 0 Å². The molecule has 10 heteroatoms. The van der Waals surface area contributed by atoms with Crippen LogP contribution in [0, 0.1) is 11.2 Å². The molecule has 2 aromatic rings. The van der Waals surface area contributed by atoms with Gasteiger partial charge in [0.2, 0.25) is 5.91 Å². The van der Waals surface area contributed by atoms with E-state index in [4.69, 9.17) is 18.9 Å². The molecular weight excluding hydrogens is 434 g/mol. The van der Waals surface area contributed by atoms with Gasteiger partial charge in [-0.1, -0.05) is 18.2 Å². The lowest BCUT2D eigenvalue weighted by molar-refractivity contribution is -0.227. The predicted molar refractivity (Wildman–Crippen MR) is 107 cm³/mol. The topological polar surface area (TPSA) is 66.0 Å². The Kier molecular flexibility index (Phi) is 7.37. The Balaban J connectivity index is 1.69. The largest absolute Gasteiger partial charge is 0.491 e. The maximum Gasteiger partial charge on any atom is 0.420 e. The highest BCUT2D eigenvalue weighted by molar-refractivity contribution is 5.95. The summed E-state index contributed by atoms with van der Waals surface area (Å²) in [4.78, 5) is 12.8. The van der Waals surface area contributed by atoms with Gasteiger partial charge >= 0.3 is 6.18 Å². The fraction of sp³-hybridized carbons (Fsp3) is 0.409. The Morgan fingerprint density at radius 2 is 1.84 bits per heavy atom. The minimum absolute atomic E-state index is 0.0544. The summed E-state index contributed by atoms with van der Waals surface area (Å²) in [6.45, 7) is 1.40. The molecule has 32 heavy (non-hydrogen) atoms. The van der Waals surface area contributed by atoms with Crippen LogP contribution in [0.3, 0.4) is 0 Å². The van der Waals surface area contributed by atoms with E-state index in [-0.39, 0.29) is 43.4 Å². The molecular formula is C22H23F4NO5. The maximum absolute atomic E-state index is 13.9. The normalized spacial score (nSPS) is 21.2. The van der Waals surface area contributed by atoms with Gasteiger partial charge in [-0.25, -0.2) is 4.39 Å². The van der Waals surface area contributed by atoms with Gasteiger partial charge in [0.1, 0.15) is 18.2 Å². The molecule has 6 nitrogen and oxygen atoms in total. The molecule has 1 heterocycles. The van der Waals surface area contributed by atoms with Crippen LogP contribution in [0.4, 0.5) is 23.2 Å². The lowest BCUT2D eigenvalue weighted by atomic mass is 9.90. The van der Waals surface area contributed by atoms with E-state index >= 15 is 0 Å². The average molecular weight is 457 g/mol. The van der Waals surface area contributed by atoms with Gasteiger partial charge in [0.25, 0.3) is 0 Å². The summed E-state index contributed by atoms with van der Waals surface area (Å²) in [5, 5.41) is 2.47. The molecule has 0 bridgehead atoms. The average Bonchev–Trinajstić information content (AvgIpc) is 2.75. The van der Waals surface area contributed by atoms with E-state index < -0.39 is 35.2 Å². The first-order chi connectivity index (χ1) is 15.1. The van der Waals surface area contributed by atoms with E-state index in [1.165, 1.54) is 31.4 Å². The molecule has 3 rings (SSSR count). The van der Waals surface area contributed by atoms with Crippen molar-refractivity contribution in [2.75, 3.05) is 38.9 Å². The zero-order valence-electron chi connectivity index (χ0n) is 17.5. The fourth-order valence-electron chi connectivity index (χ4n) is 3.06. The molecule has 1 amide bonds. The summed E-state index contributed by atoms with van der Waals surface area (Å²) in [6, 6.07) is 9.19. The van der Waals surface area contributed by atoms with Crippen molar-refractivity contribution in [2.24, 2.45) is 5.41 Å². The molecule has 1 fully saturated rings. The Bertz CT molecular complexity index is 942. The summed E-state index contributed by atoms with van der Waals surface area (Å²) in [7, 11) is 1.41. The summed E-state index contributed by atoms with van der Waals surface area (Å²) in [6.07, 6.45) is -5.66. The number of hydrogen-bond acceptors (Lipinski definition) is 5. The lowest BCUT2D eigenvalue weighted by Gasteiger charge is -2.36. The van der Waals surface area contributed by atoms with Crippen LogP contribution in [0.2, 0.25) is 0 Å². The number of nitrogens with one attached hydrogen (secondary N) is 1. The quantitative estimate of drug-likeness (QED) is 0.488. The first-order valence-corrected chi connectivity index (χ1v) is 9.76. The van der Waals surface area contributed by atoms with Crippen molar-refractivity contribution in [1.29, 1.82) is 0 Å². The van der Waals surface area contributed by atoms with Crippen molar-refractivity contribution in [3.8, 4) is 5.75 Å². The second-order valence-corrected chi connectivity index (χ2v) is 7.54. The van der Waals surface area contributed by atoms with Crippen LogP contribution >= 0.6 is 0 Å². The van der Waals surface area contributed by atoms with Crippen molar-refractivity contribution in [1.82, 2.24) is 0 Å². The number of hydrogen-bond donors (Lipinski definition) is 1. The molecule has 1 aliphatic heterocycles. The molecule has 1 N–H and O–H groups in total. The van der Waals surface area contributed by atoms with Crippen molar-refractivity contribution in [3.05, 3.63) is 59.4 Å². The number of alkyl halides is 3. The van der Waals surface area contributed by atoms with Crippen molar-refractivity contribution < 1.29 is 41.3 Å². The minimum atomic E-state index is -4.68. The van der Waals surface area contributed by atoms with Gasteiger partial charge in [-0.05, 0) is 31.2 Å². The summed E-state index contributed by atoms with van der Waals surface area (Å²) in [5.74, 6) is -1.46. The van der Waals surface area contributed by atoms with Gasteiger partial charge in [-0.3, -0.25) is 4.79 Å². The van der Waals surface area contributed by atoms with E-state index in [1.54, 1.807) is 13.0 Å². The Hall–Kier alpha value is -2.69. The van der Waals surface area contributed by atoms with Gasteiger partial charge in [0.15, 0.2) is 6.29 Å². The smallest absolute Gasteiger partial charge is 0.420 e. The maximum atomic E-state index is 13.9. The zero-order valence-corrected chi connectivity index (χ0v) is 17.5. The van der Waals surface area contributed by atoms with E-state index in [9.17, 15) is 22.4 Å². The highest BCUT2D eigenvalue weighted by Gasteiger charge is 2.41. The van der Waals surface area contributed by atoms with Crippen LogP contribution in [-0.4, -0.2) is 39.4 Å². The number of amides is 1. The standard InChI is InChI=1S/C22H23F4NO5/c1-21(12-31-19(32-13-21)15-5-3-4-6-17(15)23)20(28)27-14-7-8-18(30-10-9-29-2)16(11-14)22(24,25)26/h3-8,11,19H,9-10,12-13H2,1-2H3,(H,27,28). The highest BCUT2D eigenvalue weighted by atomic mass is 19.4. The molecule has 0 radical (unpaired) electrons. The third-order valence-corrected chi connectivity index (χ3v) is 4.90. The molecule has 0 atom stereocenters. The van der Waals surface area contributed by atoms with Gasteiger partial charge in [-0.2, -0.15) is 13.2 Å². The molecule has 0 spiro atoms. The van der Waals surface area contributed by atoms with Crippen molar-refractivity contribution >= 4 is 11.6 Å². The van der Waals surface area contributed by atoms with E-state index in [2.05, 4.69) is 5.32 Å². The summed E-state index contributed by atoms with van der Waals surface area (Å²) < 4.78 is 75.3. The van der Waals surface area contributed by atoms with Crippen LogP contribution in [0.15, 0.2) is 42.5 Å². The number of rotatable bonds is 7. The molecule has 1 aliphatic rings. The molecule has 2 aromatic carbocycles. The SMILES string of the molecule is COCCOc1ccc(NC(=O)C2(C)COC(c3ccccc3F)OC2)cc1C(F)(F)F. The fourth-order valence-corrected chi connectivity index (χ4v) is 3.06. The van der Waals surface area contributed by atoms with E-state index in [0.717, 1.165) is 12.1 Å². The number of halogens is 4. The van der Waals surface area contributed by atoms with Gasteiger partial charge < -0.3 is 24.3 Å². The van der Waals surface area contributed by atoms with Gasteiger partial charge in [0.05, 0.1) is 30.8 Å². The molecule has 174 valence electrons. The van der Waals surface area contributed by atoms with Gasteiger partial charge in [-0.15, -0.1) is 0 Å². The van der Waals surface area contributed by atoms with Crippen LogP contribution in [0.1, 0.15) is 24.3 Å². The van der Waals surface area contributed by atoms with Crippen LogP contribution in [-0.2, 0) is 25.2 Å². The zero-order chi connectivity index (χ0) is 23.4. The number of carbonyl (C=O) groups is 1. The Morgan fingerprint density at radius 1 is 1.16 bits per heavy atom. The number of carbonyl (C=O) groups excluding carboxylic acids is 1. The number of benzene rings is 2. The third kappa shape index (κ3) is 5.56. The summed E-state index contributed by atoms with van der Waals surface area (Å²) in [5.41, 5.74) is -2.06. The van der Waals surface area contributed by atoms with Crippen LogP contribution in [0.5, 0.6) is 5.75 Å². The summed E-state index contributed by atoms with van der Waals surface area (Å²) >= 11 is 0. The Labute approximate surface area is 182 Å². The molecule has 0 aliphatic carbocycles. The number of anilines is 1. The van der Waals surface area contributed by atoms with Crippen molar-refractivity contribution in [3.63, 3.8) is 0 Å². The monoisotopic (exact) mass is 457 g/mol. The molecule has 0 unspecified atom stereocenters. The van der Waals surface area contributed by atoms with Crippen LogP contribution in [0.25, 0.3) is 0 Å². The molecule has 0 saturated carbocycles. The highest BCUT2D eigenvalue weighted by Crippen LogP contribution is 2.39. The predicted octanol–water partition coefficient (Wildman–Crippen LogP) is 4.56. The van der Waals surface area contributed by atoms with Crippen LogP contribution < -0.4 is 10.1 Å². The second-order valence-electron chi connectivity index (χ2n) is 7.54. The number of ether oxygens (including phenoxy) is 4. The van der Waals surface area contributed by atoms with Gasteiger partial charge in [0, 0.05) is 18.4 Å². The third-order valence-electron chi connectivity index (χ3n) is 4.90. The van der Waals surface area contributed by atoms with Crippen molar-refractivity contribution in [2.45, 2.75) is 19.4 Å². The first-order valence-electron chi connectivity index (χ1n) is 9.76. The first kappa shape index (κ1) is 24.0. The Morgan fingerprint density at radius 3 is 2.47 bits per heavy atom. The minimum Gasteiger partial charge on any atom is -0.491 e. The van der Waals surface area contributed by atoms with E-state index in [1.807, 2.05) is 0 Å². The molecule has 0 aromatic heterocycles. The number of methoxy groups -OCH3 is 1. The second kappa shape index (κ2) is 9.85.